The average Bonchev–Trinajstić information content (AvgIpc) is 2.80. The van der Waals surface area contributed by atoms with E-state index in [1.807, 2.05) is 25.1 Å². The maximum Gasteiger partial charge on any atom is 0.195 e. The number of hydrogen-bond acceptors (Lipinski definition) is 1. The Morgan fingerprint density at radius 3 is 2.79 bits per heavy atom. The second-order valence-electron chi connectivity index (χ2n) is 4.59. The van der Waals surface area contributed by atoms with Gasteiger partial charge in [-0.15, -0.1) is 0 Å². The van der Waals surface area contributed by atoms with E-state index < -0.39 is 5.82 Å². The molecular formula is C16H12FNO. The van der Waals surface area contributed by atoms with E-state index in [0.29, 0.717) is 11.1 Å². The Morgan fingerprint density at radius 1 is 1.16 bits per heavy atom. The fourth-order valence-corrected chi connectivity index (χ4v) is 2.21. The molecule has 0 aliphatic heterocycles. The number of aromatic nitrogens is 1. The minimum atomic E-state index is -0.401. The van der Waals surface area contributed by atoms with Crippen LogP contribution < -0.4 is 0 Å². The molecule has 94 valence electrons. The molecule has 0 amide bonds. The quantitative estimate of drug-likeness (QED) is 0.691. The Kier molecular flexibility index (Phi) is 2.67. The molecule has 3 heteroatoms. The van der Waals surface area contributed by atoms with E-state index in [1.54, 1.807) is 18.3 Å². The van der Waals surface area contributed by atoms with E-state index in [1.165, 1.54) is 12.1 Å². The lowest BCUT2D eigenvalue weighted by molar-refractivity contribution is 0.104. The van der Waals surface area contributed by atoms with Crippen molar-refractivity contribution in [3.8, 4) is 0 Å². The molecule has 0 unspecified atom stereocenters. The molecule has 2 nitrogen and oxygen atoms in total. The van der Waals surface area contributed by atoms with E-state index >= 15 is 0 Å². The van der Waals surface area contributed by atoms with Crippen molar-refractivity contribution in [3.05, 3.63) is 71.2 Å². The summed E-state index contributed by atoms with van der Waals surface area (Å²) >= 11 is 0. The van der Waals surface area contributed by atoms with Crippen molar-refractivity contribution in [2.45, 2.75) is 6.92 Å². The zero-order valence-corrected chi connectivity index (χ0v) is 10.4. The van der Waals surface area contributed by atoms with Crippen molar-refractivity contribution in [1.29, 1.82) is 0 Å². The van der Waals surface area contributed by atoms with Crippen LogP contribution in [0.2, 0.25) is 0 Å². The van der Waals surface area contributed by atoms with Crippen molar-refractivity contribution in [1.82, 2.24) is 4.98 Å². The third-order valence-electron chi connectivity index (χ3n) is 3.17. The van der Waals surface area contributed by atoms with Gasteiger partial charge in [0.2, 0.25) is 0 Å². The summed E-state index contributed by atoms with van der Waals surface area (Å²) in [5, 5.41) is 0.861. The van der Waals surface area contributed by atoms with Gasteiger partial charge in [0, 0.05) is 28.2 Å². The molecule has 0 saturated carbocycles. The summed E-state index contributed by atoms with van der Waals surface area (Å²) in [4.78, 5) is 15.5. The second kappa shape index (κ2) is 4.35. The first-order chi connectivity index (χ1) is 9.15. The summed E-state index contributed by atoms with van der Waals surface area (Å²) in [7, 11) is 0. The van der Waals surface area contributed by atoms with Crippen LogP contribution in [0.4, 0.5) is 4.39 Å². The highest BCUT2D eigenvalue weighted by Crippen LogP contribution is 2.22. The maximum absolute atomic E-state index is 13.2. The molecule has 0 aliphatic rings. The number of hydrogen-bond donors (Lipinski definition) is 1. The summed E-state index contributed by atoms with van der Waals surface area (Å²) in [5.41, 5.74) is 2.97. The molecule has 19 heavy (non-hydrogen) atoms. The van der Waals surface area contributed by atoms with Gasteiger partial charge in [0.15, 0.2) is 5.78 Å². The van der Waals surface area contributed by atoms with Crippen LogP contribution in [-0.2, 0) is 0 Å². The topological polar surface area (TPSA) is 32.9 Å². The van der Waals surface area contributed by atoms with Crippen molar-refractivity contribution < 1.29 is 9.18 Å². The Bertz CT molecular complexity index is 773. The summed E-state index contributed by atoms with van der Waals surface area (Å²) in [6.07, 6.45) is 1.68. The van der Waals surface area contributed by atoms with Gasteiger partial charge in [0.1, 0.15) is 5.82 Å². The van der Waals surface area contributed by atoms with Crippen LogP contribution in [0.5, 0.6) is 0 Å². The van der Waals surface area contributed by atoms with Gasteiger partial charge in [0.05, 0.1) is 0 Å². The van der Waals surface area contributed by atoms with Gasteiger partial charge in [-0.3, -0.25) is 4.79 Å². The van der Waals surface area contributed by atoms with Crippen LogP contribution in [0.3, 0.4) is 0 Å². The lowest BCUT2D eigenvalue weighted by Gasteiger charge is -2.00. The maximum atomic E-state index is 13.2. The number of benzene rings is 2. The lowest BCUT2D eigenvalue weighted by atomic mass is 10.0. The van der Waals surface area contributed by atoms with Crippen LogP contribution in [0.1, 0.15) is 21.5 Å². The molecule has 1 N–H and O–H groups in total. The number of nitrogens with one attached hydrogen (secondary N) is 1. The van der Waals surface area contributed by atoms with Gasteiger partial charge in [-0.1, -0.05) is 24.3 Å². The Balaban J connectivity index is 2.12. The predicted molar refractivity (Wildman–Crippen MR) is 72.9 cm³/mol. The minimum Gasteiger partial charge on any atom is -0.360 e. The van der Waals surface area contributed by atoms with Gasteiger partial charge in [-0.25, -0.2) is 4.39 Å². The molecule has 0 fully saturated rings. The van der Waals surface area contributed by atoms with E-state index in [2.05, 4.69) is 4.98 Å². The highest BCUT2D eigenvalue weighted by atomic mass is 19.1. The van der Waals surface area contributed by atoms with Crippen molar-refractivity contribution in [3.63, 3.8) is 0 Å². The SMILES string of the molecule is Cc1ccc2c(C(=O)c3cccc(F)c3)c[nH]c2c1. The summed E-state index contributed by atoms with van der Waals surface area (Å²) < 4.78 is 13.2. The van der Waals surface area contributed by atoms with Gasteiger partial charge in [-0.05, 0) is 30.7 Å². The summed E-state index contributed by atoms with van der Waals surface area (Å²) in [6, 6.07) is 11.6. The van der Waals surface area contributed by atoms with Crippen LogP contribution >= 0.6 is 0 Å². The standard InChI is InChI=1S/C16H12FNO/c1-10-5-6-13-14(9-18-15(13)7-10)16(19)11-3-2-4-12(17)8-11/h2-9,18H,1H3. The van der Waals surface area contributed by atoms with E-state index in [-0.39, 0.29) is 5.78 Å². The van der Waals surface area contributed by atoms with Gasteiger partial charge >= 0.3 is 0 Å². The number of halogens is 1. The largest absolute Gasteiger partial charge is 0.360 e. The molecule has 0 atom stereocenters. The van der Waals surface area contributed by atoms with Crippen molar-refractivity contribution >= 4 is 16.7 Å². The number of fused-ring (bicyclic) bond motifs is 1. The summed E-state index contributed by atoms with van der Waals surface area (Å²) in [5.74, 6) is -0.573. The van der Waals surface area contributed by atoms with Gasteiger partial charge < -0.3 is 4.98 Å². The normalized spacial score (nSPS) is 10.8. The van der Waals surface area contributed by atoms with Gasteiger partial charge in [-0.2, -0.15) is 0 Å². The third kappa shape index (κ3) is 2.03. The molecule has 3 aromatic rings. The molecule has 1 aromatic heterocycles. The first-order valence-corrected chi connectivity index (χ1v) is 6.03. The number of aryl methyl sites for hydroxylation is 1. The van der Waals surface area contributed by atoms with Crippen LogP contribution in [-0.4, -0.2) is 10.8 Å². The summed E-state index contributed by atoms with van der Waals surface area (Å²) in [6.45, 7) is 1.99. The number of H-pyrrole nitrogens is 1. The highest BCUT2D eigenvalue weighted by molar-refractivity contribution is 6.16. The van der Waals surface area contributed by atoms with Crippen LogP contribution in [0, 0.1) is 12.7 Å². The predicted octanol–water partition coefficient (Wildman–Crippen LogP) is 3.85. The Labute approximate surface area is 109 Å². The second-order valence-corrected chi connectivity index (χ2v) is 4.59. The molecule has 1 heterocycles. The molecule has 0 spiro atoms. The zero-order valence-electron chi connectivity index (χ0n) is 10.4. The Morgan fingerprint density at radius 2 is 2.00 bits per heavy atom. The number of carbonyl (C=O) groups is 1. The van der Waals surface area contributed by atoms with E-state index in [4.69, 9.17) is 0 Å². The zero-order chi connectivity index (χ0) is 13.4. The van der Waals surface area contributed by atoms with Crippen LogP contribution in [0.25, 0.3) is 10.9 Å². The molecule has 3 rings (SSSR count). The fraction of sp³-hybridized carbons (Fsp3) is 0.0625. The van der Waals surface area contributed by atoms with Crippen LogP contribution in [0.15, 0.2) is 48.7 Å². The molecule has 0 aliphatic carbocycles. The molecular weight excluding hydrogens is 241 g/mol. The number of aromatic amines is 1. The van der Waals surface area contributed by atoms with Crippen molar-refractivity contribution in [2.24, 2.45) is 0 Å². The smallest absolute Gasteiger partial charge is 0.195 e. The number of ketones is 1. The number of rotatable bonds is 2. The molecule has 2 aromatic carbocycles. The van der Waals surface area contributed by atoms with E-state index in [0.717, 1.165) is 16.5 Å². The van der Waals surface area contributed by atoms with Gasteiger partial charge in [0.25, 0.3) is 0 Å². The first-order valence-electron chi connectivity index (χ1n) is 6.03. The minimum absolute atomic E-state index is 0.172. The van der Waals surface area contributed by atoms with E-state index in [9.17, 15) is 9.18 Å². The Hall–Kier alpha value is -2.42. The number of carbonyl (C=O) groups excluding carboxylic acids is 1. The lowest BCUT2D eigenvalue weighted by Crippen LogP contribution is -2.00. The molecule has 0 saturated heterocycles. The highest BCUT2D eigenvalue weighted by Gasteiger charge is 2.14. The molecule has 0 bridgehead atoms. The average molecular weight is 253 g/mol. The molecule has 0 radical (unpaired) electrons. The fourth-order valence-electron chi connectivity index (χ4n) is 2.21. The first kappa shape index (κ1) is 11.7. The van der Waals surface area contributed by atoms with Crippen molar-refractivity contribution in [2.75, 3.05) is 0 Å². The monoisotopic (exact) mass is 253 g/mol. The third-order valence-corrected chi connectivity index (χ3v) is 3.17.